The van der Waals surface area contributed by atoms with E-state index in [1.165, 1.54) is 25.3 Å². The van der Waals surface area contributed by atoms with Gasteiger partial charge in [-0.3, -0.25) is 0 Å². The standard InChI is InChI=1S/C10H11FO4/c1-15-9-5-6(2-3-8(9)12)4-7(11)10(13)14/h2-3,5,7,12H,4H2,1H3,(H,13,14). The highest BCUT2D eigenvalue weighted by Gasteiger charge is 2.16. The molecule has 0 amide bonds. The largest absolute Gasteiger partial charge is 0.504 e. The third kappa shape index (κ3) is 2.83. The minimum absolute atomic E-state index is 0.0630. The first-order chi connectivity index (χ1) is 7.04. The molecule has 2 N–H and O–H groups in total. The van der Waals surface area contributed by atoms with E-state index in [0.29, 0.717) is 5.56 Å². The monoisotopic (exact) mass is 214 g/mol. The van der Waals surface area contributed by atoms with Crippen molar-refractivity contribution in [3.05, 3.63) is 23.8 Å². The third-order valence-electron chi connectivity index (χ3n) is 1.93. The van der Waals surface area contributed by atoms with E-state index >= 15 is 0 Å². The first-order valence-corrected chi connectivity index (χ1v) is 4.27. The van der Waals surface area contributed by atoms with Crippen molar-refractivity contribution in [3.8, 4) is 11.5 Å². The maximum Gasteiger partial charge on any atom is 0.338 e. The molecule has 5 heteroatoms. The smallest absolute Gasteiger partial charge is 0.338 e. The molecule has 0 bridgehead atoms. The van der Waals surface area contributed by atoms with Crippen LogP contribution in [0.25, 0.3) is 0 Å². The second-order valence-corrected chi connectivity index (χ2v) is 3.02. The van der Waals surface area contributed by atoms with E-state index in [9.17, 15) is 14.3 Å². The van der Waals surface area contributed by atoms with E-state index in [1.807, 2.05) is 0 Å². The van der Waals surface area contributed by atoms with E-state index in [4.69, 9.17) is 9.84 Å². The summed E-state index contributed by atoms with van der Waals surface area (Å²) in [4.78, 5) is 10.3. The molecule has 0 spiro atoms. The maximum absolute atomic E-state index is 12.8. The number of aromatic hydroxyl groups is 1. The Labute approximate surface area is 85.9 Å². The molecule has 0 heterocycles. The fraction of sp³-hybridized carbons (Fsp3) is 0.300. The average Bonchev–Trinajstić information content (AvgIpc) is 2.20. The van der Waals surface area contributed by atoms with Crippen LogP contribution in [0.4, 0.5) is 4.39 Å². The highest BCUT2D eigenvalue weighted by molar-refractivity contribution is 5.72. The normalized spacial score (nSPS) is 12.1. The van der Waals surface area contributed by atoms with Crippen LogP contribution in [0.15, 0.2) is 18.2 Å². The highest BCUT2D eigenvalue weighted by Crippen LogP contribution is 2.26. The highest BCUT2D eigenvalue weighted by atomic mass is 19.1. The average molecular weight is 214 g/mol. The molecule has 1 rings (SSSR count). The Morgan fingerprint density at radius 3 is 2.80 bits per heavy atom. The van der Waals surface area contributed by atoms with Crippen molar-refractivity contribution in [2.24, 2.45) is 0 Å². The molecule has 0 aliphatic rings. The lowest BCUT2D eigenvalue weighted by molar-refractivity contribution is -0.142. The number of carbonyl (C=O) groups is 1. The lowest BCUT2D eigenvalue weighted by Gasteiger charge is -2.07. The Morgan fingerprint density at radius 2 is 2.27 bits per heavy atom. The summed E-state index contributed by atoms with van der Waals surface area (Å²) < 4.78 is 17.7. The third-order valence-corrected chi connectivity index (χ3v) is 1.93. The Morgan fingerprint density at radius 1 is 1.60 bits per heavy atom. The summed E-state index contributed by atoms with van der Waals surface area (Å²) in [5, 5.41) is 17.6. The summed E-state index contributed by atoms with van der Waals surface area (Å²) in [5.74, 6) is -1.36. The second-order valence-electron chi connectivity index (χ2n) is 3.02. The lowest BCUT2D eigenvalue weighted by atomic mass is 10.1. The molecule has 0 aliphatic carbocycles. The number of phenolic OH excluding ortho intramolecular Hbond substituents is 1. The van der Waals surface area contributed by atoms with Gasteiger partial charge in [0.1, 0.15) is 0 Å². The summed E-state index contributed by atoms with van der Waals surface area (Å²) in [6.45, 7) is 0. The van der Waals surface area contributed by atoms with Crippen molar-refractivity contribution in [1.29, 1.82) is 0 Å². The summed E-state index contributed by atoms with van der Waals surface area (Å²) in [6.07, 6.45) is -2.19. The van der Waals surface area contributed by atoms with E-state index in [0.717, 1.165) is 0 Å². The van der Waals surface area contributed by atoms with Gasteiger partial charge in [-0.15, -0.1) is 0 Å². The number of hydrogen-bond acceptors (Lipinski definition) is 3. The van der Waals surface area contributed by atoms with Crippen LogP contribution in [0.3, 0.4) is 0 Å². The molecule has 1 aromatic carbocycles. The molecule has 0 aliphatic heterocycles. The molecule has 0 aromatic heterocycles. The molecular formula is C10H11FO4. The maximum atomic E-state index is 12.8. The predicted octanol–water partition coefficient (Wildman–Crippen LogP) is 1.37. The minimum atomic E-state index is -1.95. The number of ether oxygens (including phenoxy) is 1. The van der Waals surface area contributed by atoms with E-state index < -0.39 is 12.1 Å². The summed E-state index contributed by atoms with van der Waals surface area (Å²) in [6, 6.07) is 4.20. The Bertz CT molecular complexity index is 364. The van der Waals surface area contributed by atoms with Gasteiger partial charge in [0.2, 0.25) is 6.17 Å². The van der Waals surface area contributed by atoms with Gasteiger partial charge in [0.25, 0.3) is 0 Å². The molecule has 1 aromatic rings. The number of phenols is 1. The summed E-state index contributed by atoms with van der Waals surface area (Å²) in [7, 11) is 1.36. The number of methoxy groups -OCH3 is 1. The first kappa shape index (κ1) is 11.3. The van der Waals surface area contributed by atoms with E-state index in [2.05, 4.69) is 0 Å². The van der Waals surface area contributed by atoms with Crippen LogP contribution >= 0.6 is 0 Å². The molecule has 0 saturated carbocycles. The van der Waals surface area contributed by atoms with Gasteiger partial charge in [-0.25, -0.2) is 9.18 Å². The van der Waals surface area contributed by atoms with E-state index in [-0.39, 0.29) is 17.9 Å². The number of alkyl halides is 1. The van der Waals surface area contributed by atoms with Gasteiger partial charge < -0.3 is 14.9 Å². The van der Waals surface area contributed by atoms with Crippen LogP contribution in [0.5, 0.6) is 11.5 Å². The van der Waals surface area contributed by atoms with Gasteiger partial charge in [-0.2, -0.15) is 0 Å². The van der Waals surface area contributed by atoms with E-state index in [1.54, 1.807) is 0 Å². The Kier molecular flexibility index (Phi) is 3.49. The van der Waals surface area contributed by atoms with Crippen molar-refractivity contribution < 1.29 is 24.1 Å². The van der Waals surface area contributed by atoms with Crippen molar-refractivity contribution in [1.82, 2.24) is 0 Å². The van der Waals surface area contributed by atoms with Crippen LogP contribution < -0.4 is 4.74 Å². The lowest BCUT2D eigenvalue weighted by Crippen LogP contribution is -2.17. The number of aliphatic carboxylic acids is 1. The van der Waals surface area contributed by atoms with Crippen LogP contribution in [0.2, 0.25) is 0 Å². The molecular weight excluding hydrogens is 203 g/mol. The summed E-state index contributed by atoms with van der Waals surface area (Å²) in [5.41, 5.74) is 0.458. The molecule has 0 saturated heterocycles. The molecule has 1 atom stereocenters. The van der Waals surface area contributed by atoms with Gasteiger partial charge in [-0.05, 0) is 17.7 Å². The SMILES string of the molecule is COc1cc(CC(F)C(=O)O)ccc1O. The molecule has 0 radical (unpaired) electrons. The van der Waals surface area contributed by atoms with Gasteiger partial charge in [-0.1, -0.05) is 6.07 Å². The Hall–Kier alpha value is -1.78. The zero-order valence-electron chi connectivity index (χ0n) is 8.11. The van der Waals surface area contributed by atoms with Gasteiger partial charge in [0.15, 0.2) is 11.5 Å². The second kappa shape index (κ2) is 4.63. The number of rotatable bonds is 4. The molecule has 0 fully saturated rings. The first-order valence-electron chi connectivity index (χ1n) is 4.27. The van der Waals surface area contributed by atoms with Gasteiger partial charge in [0, 0.05) is 6.42 Å². The zero-order valence-corrected chi connectivity index (χ0v) is 8.11. The van der Waals surface area contributed by atoms with Crippen molar-refractivity contribution in [2.75, 3.05) is 7.11 Å². The van der Waals surface area contributed by atoms with Crippen LogP contribution in [0, 0.1) is 0 Å². The van der Waals surface area contributed by atoms with Crippen LogP contribution in [-0.4, -0.2) is 29.5 Å². The van der Waals surface area contributed by atoms with Crippen LogP contribution in [0.1, 0.15) is 5.56 Å². The number of halogens is 1. The topological polar surface area (TPSA) is 66.8 Å². The van der Waals surface area contributed by atoms with Gasteiger partial charge in [0.05, 0.1) is 7.11 Å². The predicted molar refractivity (Wildman–Crippen MR) is 50.9 cm³/mol. The Balaban J connectivity index is 2.83. The molecule has 1 unspecified atom stereocenters. The fourth-order valence-corrected chi connectivity index (χ4v) is 1.14. The number of carboxylic acids is 1. The zero-order chi connectivity index (χ0) is 11.4. The van der Waals surface area contributed by atoms with Crippen molar-refractivity contribution in [3.63, 3.8) is 0 Å². The molecule has 82 valence electrons. The van der Waals surface area contributed by atoms with Crippen molar-refractivity contribution in [2.45, 2.75) is 12.6 Å². The van der Waals surface area contributed by atoms with Crippen LogP contribution in [-0.2, 0) is 11.2 Å². The fourth-order valence-electron chi connectivity index (χ4n) is 1.14. The number of benzene rings is 1. The molecule has 4 nitrogen and oxygen atoms in total. The minimum Gasteiger partial charge on any atom is -0.504 e. The van der Waals surface area contributed by atoms with Crippen molar-refractivity contribution >= 4 is 5.97 Å². The van der Waals surface area contributed by atoms with Gasteiger partial charge >= 0.3 is 5.97 Å². The number of carboxylic acid groups (broad SMARTS) is 1. The molecule has 15 heavy (non-hydrogen) atoms. The quantitative estimate of drug-likeness (QED) is 0.794. The number of hydrogen-bond donors (Lipinski definition) is 2. The summed E-state index contributed by atoms with van der Waals surface area (Å²) >= 11 is 0.